The molecule has 0 aliphatic rings. The molecule has 0 fully saturated rings. The highest BCUT2D eigenvalue weighted by Crippen LogP contribution is 2.40. The molecule has 0 saturated carbocycles. The molecule has 132 valence electrons. The van der Waals surface area contributed by atoms with E-state index >= 15 is 0 Å². The van der Waals surface area contributed by atoms with Gasteiger partial charge < -0.3 is 15.1 Å². The number of aromatic carboxylic acids is 2. The van der Waals surface area contributed by atoms with Crippen LogP contribution < -0.4 is 0 Å². The second-order valence-electron chi connectivity index (χ2n) is 4.84. The van der Waals surface area contributed by atoms with E-state index in [-0.39, 0.29) is 11.1 Å². The molecule has 0 atom stereocenters. The van der Waals surface area contributed by atoms with Crippen LogP contribution >= 0.6 is 21.6 Å². The molecule has 0 aliphatic carbocycles. The highest BCUT2D eigenvalue weighted by atomic mass is 33.1. The zero-order valence-corrected chi connectivity index (χ0v) is 15.2. The van der Waals surface area contributed by atoms with Gasteiger partial charge in [-0.3, -0.25) is 4.79 Å². The molecule has 0 aromatic heterocycles. The van der Waals surface area contributed by atoms with Crippen LogP contribution in [0.3, 0.4) is 0 Å². The van der Waals surface area contributed by atoms with Gasteiger partial charge in [0.15, 0.2) is 0 Å². The van der Waals surface area contributed by atoms with Crippen LogP contribution in [0.2, 0.25) is 0 Å². The first-order valence-corrected chi connectivity index (χ1v) is 9.12. The lowest BCUT2D eigenvalue weighted by Gasteiger charge is -2.06. The number of carboxylic acids is 2. The SMILES string of the molecule is CN(C)C=O.O=C(O)c1ccccc1SSc1ccccc1C(=O)O. The summed E-state index contributed by atoms with van der Waals surface area (Å²) >= 11 is 0. The number of carbonyl (C=O) groups is 3. The van der Waals surface area contributed by atoms with E-state index in [0.717, 1.165) is 6.41 Å². The number of amides is 1. The molecular formula is C17H17NO5S2. The van der Waals surface area contributed by atoms with E-state index in [4.69, 9.17) is 10.2 Å². The highest BCUT2D eigenvalue weighted by Gasteiger charge is 2.13. The molecule has 1 amide bonds. The molecule has 2 rings (SSSR count). The molecule has 0 saturated heterocycles. The van der Waals surface area contributed by atoms with Crippen molar-refractivity contribution < 1.29 is 24.6 Å². The van der Waals surface area contributed by atoms with Crippen LogP contribution in [0.25, 0.3) is 0 Å². The van der Waals surface area contributed by atoms with Crippen LogP contribution in [-0.2, 0) is 4.79 Å². The predicted molar refractivity (Wildman–Crippen MR) is 98.3 cm³/mol. The van der Waals surface area contributed by atoms with Gasteiger partial charge in [-0.2, -0.15) is 0 Å². The monoisotopic (exact) mass is 379 g/mol. The van der Waals surface area contributed by atoms with Crippen molar-refractivity contribution in [2.24, 2.45) is 0 Å². The molecule has 2 aromatic carbocycles. The lowest BCUT2D eigenvalue weighted by Crippen LogP contribution is -2.06. The van der Waals surface area contributed by atoms with E-state index in [2.05, 4.69) is 0 Å². The maximum Gasteiger partial charge on any atom is 0.336 e. The van der Waals surface area contributed by atoms with Crippen LogP contribution in [0.5, 0.6) is 0 Å². The third-order valence-electron chi connectivity index (χ3n) is 2.67. The number of rotatable bonds is 6. The third kappa shape index (κ3) is 6.90. The van der Waals surface area contributed by atoms with Gasteiger partial charge in [-0.15, -0.1) is 0 Å². The van der Waals surface area contributed by atoms with E-state index < -0.39 is 11.9 Å². The number of hydrogen-bond donors (Lipinski definition) is 2. The number of hydrogen-bond acceptors (Lipinski definition) is 5. The van der Waals surface area contributed by atoms with Crippen LogP contribution in [-0.4, -0.2) is 47.6 Å². The van der Waals surface area contributed by atoms with Crippen molar-refractivity contribution in [1.29, 1.82) is 0 Å². The zero-order chi connectivity index (χ0) is 18.8. The van der Waals surface area contributed by atoms with Gasteiger partial charge in [0.2, 0.25) is 6.41 Å². The van der Waals surface area contributed by atoms with Gasteiger partial charge in [0.1, 0.15) is 0 Å². The van der Waals surface area contributed by atoms with E-state index in [1.54, 1.807) is 50.5 Å². The van der Waals surface area contributed by atoms with E-state index in [1.165, 1.54) is 38.6 Å². The fraction of sp³-hybridized carbons (Fsp3) is 0.118. The van der Waals surface area contributed by atoms with Crippen molar-refractivity contribution in [3.05, 3.63) is 59.7 Å². The van der Waals surface area contributed by atoms with E-state index in [9.17, 15) is 14.4 Å². The van der Waals surface area contributed by atoms with Crippen LogP contribution in [0.4, 0.5) is 0 Å². The van der Waals surface area contributed by atoms with E-state index in [0.29, 0.717) is 9.79 Å². The van der Waals surface area contributed by atoms with Crippen molar-refractivity contribution in [2.45, 2.75) is 9.79 Å². The first-order chi connectivity index (χ1) is 11.9. The van der Waals surface area contributed by atoms with Crippen molar-refractivity contribution in [2.75, 3.05) is 14.1 Å². The number of benzene rings is 2. The molecule has 6 nitrogen and oxygen atoms in total. The molecule has 0 radical (unpaired) electrons. The lowest BCUT2D eigenvalue weighted by molar-refractivity contribution is -0.115. The predicted octanol–water partition coefficient (Wildman–Crippen LogP) is 3.59. The second-order valence-corrected chi connectivity index (χ2v) is 7.05. The zero-order valence-electron chi connectivity index (χ0n) is 13.6. The summed E-state index contributed by atoms with van der Waals surface area (Å²) in [7, 11) is 5.84. The van der Waals surface area contributed by atoms with Gasteiger partial charge in [-0.05, 0) is 24.3 Å². The summed E-state index contributed by atoms with van der Waals surface area (Å²) < 4.78 is 0. The summed E-state index contributed by atoms with van der Waals surface area (Å²) in [6.07, 6.45) is 0.750. The minimum absolute atomic E-state index is 0.206. The van der Waals surface area contributed by atoms with Gasteiger partial charge in [0.25, 0.3) is 0 Å². The summed E-state index contributed by atoms with van der Waals surface area (Å²) in [6.45, 7) is 0. The molecule has 2 N–H and O–H groups in total. The van der Waals surface area contributed by atoms with Gasteiger partial charge >= 0.3 is 11.9 Å². The van der Waals surface area contributed by atoms with Crippen LogP contribution in [0, 0.1) is 0 Å². The topological polar surface area (TPSA) is 94.9 Å². The average molecular weight is 379 g/mol. The Morgan fingerprint density at radius 1 is 0.840 bits per heavy atom. The van der Waals surface area contributed by atoms with E-state index in [1.807, 2.05) is 0 Å². The van der Waals surface area contributed by atoms with Gasteiger partial charge in [0.05, 0.1) is 11.1 Å². The molecular weight excluding hydrogens is 362 g/mol. The Labute approximate surface area is 153 Å². The van der Waals surface area contributed by atoms with Crippen LogP contribution in [0.1, 0.15) is 20.7 Å². The summed E-state index contributed by atoms with van der Waals surface area (Å²) in [6, 6.07) is 13.3. The summed E-state index contributed by atoms with van der Waals surface area (Å²) in [5.74, 6) is -2.00. The minimum Gasteiger partial charge on any atom is -0.478 e. The van der Waals surface area contributed by atoms with Crippen molar-refractivity contribution in [3.8, 4) is 0 Å². The quantitative estimate of drug-likeness (QED) is 0.585. The Morgan fingerprint density at radius 2 is 1.16 bits per heavy atom. The second kappa shape index (κ2) is 10.4. The number of carboxylic acid groups (broad SMARTS) is 2. The first-order valence-electron chi connectivity index (χ1n) is 6.97. The number of carbonyl (C=O) groups excluding carboxylic acids is 1. The Kier molecular flexibility index (Phi) is 8.59. The van der Waals surface area contributed by atoms with Crippen molar-refractivity contribution >= 4 is 39.9 Å². The van der Waals surface area contributed by atoms with Crippen LogP contribution in [0.15, 0.2) is 58.3 Å². The Bertz CT molecular complexity index is 692. The standard InChI is InChI=1S/C14H10O4S2.C3H7NO/c15-13(16)9-5-1-3-7-11(9)19-20-12-8-4-2-6-10(12)14(17)18;1-4(2)3-5/h1-8H,(H,15,16)(H,17,18);3H,1-2H3. The first kappa shape index (κ1) is 20.6. The number of nitrogens with zero attached hydrogens (tertiary/aromatic N) is 1. The van der Waals surface area contributed by atoms with Gasteiger partial charge in [-0.1, -0.05) is 45.9 Å². The normalized spacial score (nSPS) is 9.52. The molecule has 0 aliphatic heterocycles. The molecule has 0 bridgehead atoms. The highest BCUT2D eigenvalue weighted by molar-refractivity contribution is 8.76. The van der Waals surface area contributed by atoms with Crippen molar-refractivity contribution in [1.82, 2.24) is 4.90 Å². The fourth-order valence-electron chi connectivity index (χ4n) is 1.52. The molecule has 25 heavy (non-hydrogen) atoms. The lowest BCUT2D eigenvalue weighted by atomic mass is 10.2. The Balaban J connectivity index is 0.000000550. The summed E-state index contributed by atoms with van der Waals surface area (Å²) in [4.78, 5) is 34.2. The summed E-state index contributed by atoms with van der Waals surface area (Å²) in [5, 5.41) is 18.2. The maximum atomic E-state index is 11.1. The summed E-state index contributed by atoms with van der Waals surface area (Å²) in [5.41, 5.74) is 0.413. The smallest absolute Gasteiger partial charge is 0.336 e. The third-order valence-corrected chi connectivity index (χ3v) is 5.15. The maximum absolute atomic E-state index is 11.1. The Hall–Kier alpha value is -2.45. The molecule has 2 aromatic rings. The Morgan fingerprint density at radius 3 is 1.44 bits per heavy atom. The average Bonchev–Trinajstić information content (AvgIpc) is 2.60. The molecule has 8 heteroatoms. The minimum atomic E-state index is -1.000. The van der Waals surface area contributed by atoms with Gasteiger partial charge in [0, 0.05) is 23.9 Å². The largest absolute Gasteiger partial charge is 0.478 e. The molecule has 0 heterocycles. The van der Waals surface area contributed by atoms with Gasteiger partial charge in [-0.25, -0.2) is 9.59 Å². The molecule has 0 spiro atoms. The van der Waals surface area contributed by atoms with Crippen molar-refractivity contribution in [3.63, 3.8) is 0 Å². The fourth-order valence-corrected chi connectivity index (χ4v) is 3.87. The molecule has 0 unspecified atom stereocenters.